The van der Waals surface area contributed by atoms with E-state index in [2.05, 4.69) is 20.6 Å². The molecule has 1 aromatic heterocycles. The van der Waals surface area contributed by atoms with E-state index in [-0.39, 0.29) is 17.9 Å². The van der Waals surface area contributed by atoms with Crippen LogP contribution in [0.15, 0.2) is 48.5 Å². The summed E-state index contributed by atoms with van der Waals surface area (Å²) >= 11 is 0. The van der Waals surface area contributed by atoms with Crippen LogP contribution in [0.2, 0.25) is 0 Å². The molecule has 27 heavy (non-hydrogen) atoms. The number of aromatic amines is 1. The molecule has 3 aromatic rings. The lowest BCUT2D eigenvalue weighted by Crippen LogP contribution is -2.29. The molecule has 1 heterocycles. The van der Waals surface area contributed by atoms with Gasteiger partial charge in [-0.1, -0.05) is 39.0 Å². The van der Waals surface area contributed by atoms with Crippen LogP contribution >= 0.6 is 0 Å². The lowest BCUT2D eigenvalue weighted by Gasteiger charge is -2.18. The fraction of sp³-hybridized carbons (Fsp3) is 0.286. The van der Waals surface area contributed by atoms with Gasteiger partial charge in [0.15, 0.2) is 0 Å². The molecule has 0 fully saturated rings. The molecular weight excluding hydrogens is 340 g/mol. The zero-order chi connectivity index (χ0) is 19.6. The van der Waals surface area contributed by atoms with Gasteiger partial charge in [-0.25, -0.2) is 4.98 Å². The molecule has 1 atom stereocenters. The summed E-state index contributed by atoms with van der Waals surface area (Å²) in [6, 6.07) is 14.4. The van der Waals surface area contributed by atoms with Gasteiger partial charge in [-0.15, -0.1) is 0 Å². The quantitative estimate of drug-likeness (QED) is 0.653. The standard InChI is InChI=1S/C21H24N4O2/c1-13(18-24-16-10-5-6-11-17(16)25-18)22-19(26)14-8-7-9-15(12-14)23-20(27)21(2,3)4/h5-13H,1-4H3,(H,22,26)(H,23,27)(H,24,25)/t13-/m1/s1. The number of carbonyl (C=O) groups excluding carboxylic acids is 2. The Kier molecular flexibility index (Phi) is 4.99. The van der Waals surface area contributed by atoms with Gasteiger partial charge in [0.05, 0.1) is 17.1 Å². The summed E-state index contributed by atoms with van der Waals surface area (Å²) in [6.45, 7) is 7.40. The van der Waals surface area contributed by atoms with Crippen molar-refractivity contribution in [1.82, 2.24) is 15.3 Å². The second-order valence-electron chi connectivity index (χ2n) is 7.62. The number of carbonyl (C=O) groups is 2. The summed E-state index contributed by atoms with van der Waals surface area (Å²) < 4.78 is 0. The number of nitrogens with zero attached hydrogens (tertiary/aromatic N) is 1. The van der Waals surface area contributed by atoms with E-state index in [9.17, 15) is 9.59 Å². The Morgan fingerprint density at radius 3 is 2.52 bits per heavy atom. The average Bonchev–Trinajstić information content (AvgIpc) is 3.05. The second-order valence-corrected chi connectivity index (χ2v) is 7.62. The van der Waals surface area contributed by atoms with E-state index in [1.54, 1.807) is 24.3 Å². The van der Waals surface area contributed by atoms with Crippen LogP contribution in [0.25, 0.3) is 11.0 Å². The Labute approximate surface area is 158 Å². The van der Waals surface area contributed by atoms with Gasteiger partial charge >= 0.3 is 0 Å². The summed E-state index contributed by atoms with van der Waals surface area (Å²) in [4.78, 5) is 32.5. The summed E-state index contributed by atoms with van der Waals surface area (Å²) in [5, 5.41) is 5.78. The van der Waals surface area contributed by atoms with Crippen LogP contribution in [-0.2, 0) is 4.79 Å². The number of imidazole rings is 1. The number of para-hydroxylation sites is 2. The van der Waals surface area contributed by atoms with Crippen molar-refractivity contribution in [2.75, 3.05) is 5.32 Å². The van der Waals surface area contributed by atoms with Gasteiger partial charge in [0, 0.05) is 16.7 Å². The third kappa shape index (κ3) is 4.34. The molecule has 6 nitrogen and oxygen atoms in total. The van der Waals surface area contributed by atoms with Crippen LogP contribution in [0.1, 0.15) is 49.9 Å². The highest BCUT2D eigenvalue weighted by atomic mass is 16.2. The average molecular weight is 364 g/mol. The van der Waals surface area contributed by atoms with E-state index in [0.29, 0.717) is 17.1 Å². The number of aromatic nitrogens is 2. The minimum absolute atomic E-state index is 0.101. The van der Waals surface area contributed by atoms with Crippen molar-refractivity contribution in [1.29, 1.82) is 0 Å². The molecule has 140 valence electrons. The Morgan fingerprint density at radius 2 is 1.81 bits per heavy atom. The van der Waals surface area contributed by atoms with E-state index >= 15 is 0 Å². The van der Waals surface area contributed by atoms with Crippen molar-refractivity contribution in [3.8, 4) is 0 Å². The number of rotatable bonds is 4. The van der Waals surface area contributed by atoms with Gasteiger partial charge in [-0.2, -0.15) is 0 Å². The van der Waals surface area contributed by atoms with Crippen LogP contribution in [0.4, 0.5) is 5.69 Å². The lowest BCUT2D eigenvalue weighted by atomic mass is 9.95. The van der Waals surface area contributed by atoms with Gasteiger partial charge in [-0.05, 0) is 37.3 Å². The van der Waals surface area contributed by atoms with Crippen molar-refractivity contribution in [2.24, 2.45) is 5.41 Å². The van der Waals surface area contributed by atoms with Crippen LogP contribution < -0.4 is 10.6 Å². The first-order chi connectivity index (χ1) is 12.7. The third-order valence-corrected chi connectivity index (χ3v) is 4.23. The number of anilines is 1. The minimum atomic E-state index is -0.506. The highest BCUT2D eigenvalue weighted by Crippen LogP contribution is 2.19. The van der Waals surface area contributed by atoms with Gasteiger partial charge in [0.25, 0.3) is 5.91 Å². The van der Waals surface area contributed by atoms with Crippen LogP contribution in [0.3, 0.4) is 0 Å². The number of hydrogen-bond acceptors (Lipinski definition) is 3. The van der Waals surface area contributed by atoms with Gasteiger partial charge in [-0.3, -0.25) is 9.59 Å². The Balaban J connectivity index is 1.72. The molecule has 0 spiro atoms. The van der Waals surface area contributed by atoms with Crippen molar-refractivity contribution in [3.05, 3.63) is 59.9 Å². The maximum atomic E-state index is 12.6. The molecule has 3 rings (SSSR count). The Bertz CT molecular complexity index is 952. The number of hydrogen-bond donors (Lipinski definition) is 3. The molecule has 0 saturated carbocycles. The SMILES string of the molecule is C[C@@H](NC(=O)c1cccc(NC(=O)C(C)(C)C)c1)c1nc2ccccc2[nH]1. The third-order valence-electron chi connectivity index (χ3n) is 4.23. The topological polar surface area (TPSA) is 86.9 Å². The van der Waals surface area contributed by atoms with Crippen LogP contribution in [0, 0.1) is 5.41 Å². The van der Waals surface area contributed by atoms with Gasteiger partial charge < -0.3 is 15.6 Å². The van der Waals surface area contributed by atoms with Crippen LogP contribution in [0.5, 0.6) is 0 Å². The molecule has 2 aromatic carbocycles. The van der Waals surface area contributed by atoms with Crippen molar-refractivity contribution < 1.29 is 9.59 Å². The second kappa shape index (κ2) is 7.23. The molecule has 3 N–H and O–H groups in total. The van der Waals surface area contributed by atoms with E-state index < -0.39 is 5.41 Å². The first-order valence-corrected chi connectivity index (χ1v) is 8.91. The van der Waals surface area contributed by atoms with Gasteiger partial charge in [0.1, 0.15) is 5.82 Å². The molecule has 0 aliphatic rings. The highest BCUT2D eigenvalue weighted by Gasteiger charge is 2.21. The van der Waals surface area contributed by atoms with E-state index in [1.807, 2.05) is 52.0 Å². The molecular formula is C21H24N4O2. The van der Waals surface area contributed by atoms with E-state index in [4.69, 9.17) is 0 Å². The van der Waals surface area contributed by atoms with Crippen molar-refractivity contribution in [3.63, 3.8) is 0 Å². The molecule has 0 saturated heterocycles. The first kappa shape index (κ1) is 18.6. The summed E-state index contributed by atoms with van der Waals surface area (Å²) in [6.07, 6.45) is 0. The molecule has 0 unspecified atom stereocenters. The number of amides is 2. The number of benzene rings is 2. The smallest absolute Gasteiger partial charge is 0.251 e. The summed E-state index contributed by atoms with van der Waals surface area (Å²) in [5.74, 6) is 0.368. The van der Waals surface area contributed by atoms with Crippen LogP contribution in [-0.4, -0.2) is 21.8 Å². The number of fused-ring (bicyclic) bond motifs is 1. The van der Waals surface area contributed by atoms with E-state index in [0.717, 1.165) is 11.0 Å². The lowest BCUT2D eigenvalue weighted by molar-refractivity contribution is -0.123. The molecule has 0 bridgehead atoms. The zero-order valence-electron chi connectivity index (χ0n) is 16.0. The molecule has 0 aliphatic carbocycles. The Morgan fingerprint density at radius 1 is 1.07 bits per heavy atom. The fourth-order valence-electron chi connectivity index (χ4n) is 2.58. The molecule has 0 aliphatic heterocycles. The monoisotopic (exact) mass is 364 g/mol. The van der Waals surface area contributed by atoms with Crippen molar-refractivity contribution >= 4 is 28.5 Å². The predicted molar refractivity (Wildman–Crippen MR) is 107 cm³/mol. The summed E-state index contributed by atoms with van der Waals surface area (Å²) in [7, 11) is 0. The molecule has 0 radical (unpaired) electrons. The zero-order valence-corrected chi connectivity index (χ0v) is 16.0. The minimum Gasteiger partial charge on any atom is -0.342 e. The van der Waals surface area contributed by atoms with Gasteiger partial charge in [0.2, 0.25) is 5.91 Å². The van der Waals surface area contributed by atoms with Crippen molar-refractivity contribution in [2.45, 2.75) is 33.7 Å². The fourth-order valence-corrected chi connectivity index (χ4v) is 2.58. The highest BCUT2D eigenvalue weighted by molar-refractivity contribution is 5.98. The molecule has 6 heteroatoms. The van der Waals surface area contributed by atoms with E-state index in [1.165, 1.54) is 0 Å². The normalized spacial score (nSPS) is 12.6. The first-order valence-electron chi connectivity index (χ1n) is 8.91. The molecule has 2 amide bonds. The predicted octanol–water partition coefficient (Wildman–Crippen LogP) is 4.04. The largest absolute Gasteiger partial charge is 0.342 e. The number of nitrogens with one attached hydrogen (secondary N) is 3. The number of H-pyrrole nitrogens is 1. The maximum absolute atomic E-state index is 12.6. The maximum Gasteiger partial charge on any atom is 0.251 e. The summed E-state index contributed by atoms with van der Waals surface area (Å²) in [5.41, 5.74) is 2.36. The Hall–Kier alpha value is -3.15.